The van der Waals surface area contributed by atoms with E-state index in [0.717, 1.165) is 11.1 Å². The average molecular weight is 332 g/mol. The Hall–Kier alpha value is -2.18. The summed E-state index contributed by atoms with van der Waals surface area (Å²) in [5, 5.41) is 2.74. The molecule has 0 unspecified atom stereocenters. The van der Waals surface area contributed by atoms with Gasteiger partial charge in [0.05, 0.1) is 11.3 Å². The number of sulfonamides is 1. The van der Waals surface area contributed by atoms with Gasteiger partial charge in [-0.05, 0) is 44.2 Å². The lowest BCUT2D eigenvalue weighted by Crippen LogP contribution is -2.20. The molecule has 2 aromatic rings. The summed E-state index contributed by atoms with van der Waals surface area (Å²) in [6.45, 7) is 3.70. The minimum atomic E-state index is -3.55. The van der Waals surface area contributed by atoms with Gasteiger partial charge in [-0.1, -0.05) is 35.9 Å². The molecule has 2 aromatic carbocycles. The standard InChI is InChI=1S/C17H20N2O3S/c1-12-4-7-14(8-5-12)10-17(20)19-15-9-6-13(2)16(11-15)23(21,22)18-3/h4-9,11,18H,10H2,1-3H3,(H,19,20). The third-order valence-corrected chi connectivity index (χ3v) is 5.07. The van der Waals surface area contributed by atoms with Crippen LogP contribution in [0.15, 0.2) is 47.4 Å². The fraction of sp³-hybridized carbons (Fsp3) is 0.235. The second kappa shape index (κ2) is 6.93. The van der Waals surface area contributed by atoms with E-state index in [0.29, 0.717) is 11.3 Å². The zero-order valence-corrected chi connectivity index (χ0v) is 14.2. The van der Waals surface area contributed by atoms with Gasteiger partial charge in [-0.15, -0.1) is 0 Å². The van der Waals surface area contributed by atoms with Crippen molar-refractivity contribution in [1.82, 2.24) is 4.72 Å². The summed E-state index contributed by atoms with van der Waals surface area (Å²) < 4.78 is 26.2. The van der Waals surface area contributed by atoms with Crippen LogP contribution in [0, 0.1) is 13.8 Å². The topological polar surface area (TPSA) is 75.3 Å². The SMILES string of the molecule is CNS(=O)(=O)c1cc(NC(=O)Cc2ccc(C)cc2)ccc1C. The Morgan fingerprint density at radius 2 is 1.70 bits per heavy atom. The van der Waals surface area contributed by atoms with Gasteiger partial charge in [0.25, 0.3) is 0 Å². The molecular weight excluding hydrogens is 312 g/mol. The third-order valence-electron chi connectivity index (χ3n) is 3.52. The van der Waals surface area contributed by atoms with E-state index in [-0.39, 0.29) is 17.2 Å². The van der Waals surface area contributed by atoms with Gasteiger partial charge >= 0.3 is 0 Å². The number of carbonyl (C=O) groups excluding carboxylic acids is 1. The quantitative estimate of drug-likeness (QED) is 0.883. The largest absolute Gasteiger partial charge is 0.326 e. The fourth-order valence-corrected chi connectivity index (χ4v) is 3.17. The van der Waals surface area contributed by atoms with Crippen molar-refractivity contribution in [2.45, 2.75) is 25.2 Å². The number of benzene rings is 2. The molecule has 0 aliphatic carbocycles. The highest BCUT2D eigenvalue weighted by molar-refractivity contribution is 7.89. The van der Waals surface area contributed by atoms with E-state index in [1.807, 2.05) is 31.2 Å². The second-order valence-corrected chi connectivity index (χ2v) is 7.25. The number of carbonyl (C=O) groups is 1. The molecule has 0 aromatic heterocycles. The minimum absolute atomic E-state index is 0.160. The van der Waals surface area contributed by atoms with Crippen LogP contribution in [-0.2, 0) is 21.2 Å². The molecular formula is C17H20N2O3S. The molecule has 122 valence electrons. The van der Waals surface area contributed by atoms with Crippen LogP contribution in [0.5, 0.6) is 0 Å². The molecule has 0 bridgehead atoms. The maximum absolute atomic E-state index is 12.1. The summed E-state index contributed by atoms with van der Waals surface area (Å²) >= 11 is 0. The maximum Gasteiger partial charge on any atom is 0.240 e. The molecule has 0 heterocycles. The monoisotopic (exact) mass is 332 g/mol. The molecule has 6 heteroatoms. The van der Waals surface area contributed by atoms with Gasteiger partial charge in [0.2, 0.25) is 15.9 Å². The zero-order valence-electron chi connectivity index (χ0n) is 13.4. The van der Waals surface area contributed by atoms with Crippen LogP contribution in [0.3, 0.4) is 0 Å². The van der Waals surface area contributed by atoms with Crippen molar-refractivity contribution in [2.75, 3.05) is 12.4 Å². The minimum Gasteiger partial charge on any atom is -0.326 e. The van der Waals surface area contributed by atoms with E-state index in [4.69, 9.17) is 0 Å². The van der Waals surface area contributed by atoms with E-state index >= 15 is 0 Å². The molecule has 0 saturated heterocycles. The lowest BCUT2D eigenvalue weighted by atomic mass is 10.1. The Balaban J connectivity index is 2.15. The van der Waals surface area contributed by atoms with E-state index in [2.05, 4.69) is 10.0 Å². The van der Waals surface area contributed by atoms with E-state index < -0.39 is 10.0 Å². The summed E-state index contributed by atoms with van der Waals surface area (Å²) in [6, 6.07) is 12.5. The number of anilines is 1. The van der Waals surface area contributed by atoms with Gasteiger partial charge in [0.1, 0.15) is 0 Å². The van der Waals surface area contributed by atoms with Crippen molar-refractivity contribution in [1.29, 1.82) is 0 Å². The number of hydrogen-bond donors (Lipinski definition) is 2. The van der Waals surface area contributed by atoms with Gasteiger partial charge in [0.15, 0.2) is 0 Å². The Bertz CT molecular complexity index is 812. The van der Waals surface area contributed by atoms with Crippen molar-refractivity contribution in [2.24, 2.45) is 0 Å². The first-order valence-electron chi connectivity index (χ1n) is 7.21. The van der Waals surface area contributed by atoms with Crippen molar-refractivity contribution < 1.29 is 13.2 Å². The lowest BCUT2D eigenvalue weighted by molar-refractivity contribution is -0.115. The third kappa shape index (κ3) is 4.40. The first kappa shape index (κ1) is 17.2. The molecule has 0 fully saturated rings. The number of nitrogens with one attached hydrogen (secondary N) is 2. The predicted octanol–water partition coefficient (Wildman–Crippen LogP) is 2.39. The summed E-state index contributed by atoms with van der Waals surface area (Å²) in [7, 11) is -2.19. The number of hydrogen-bond acceptors (Lipinski definition) is 3. The second-order valence-electron chi connectivity index (χ2n) is 5.40. The molecule has 0 aliphatic rings. The van der Waals surface area contributed by atoms with Crippen LogP contribution in [0.4, 0.5) is 5.69 Å². The molecule has 0 aliphatic heterocycles. The Kier molecular flexibility index (Phi) is 5.18. The highest BCUT2D eigenvalue weighted by Gasteiger charge is 2.15. The Labute approximate surface area is 136 Å². The van der Waals surface area contributed by atoms with Crippen molar-refractivity contribution in [3.8, 4) is 0 Å². The first-order valence-corrected chi connectivity index (χ1v) is 8.70. The van der Waals surface area contributed by atoms with Gasteiger partial charge in [-0.3, -0.25) is 4.79 Å². The van der Waals surface area contributed by atoms with E-state index in [9.17, 15) is 13.2 Å². The summed E-state index contributed by atoms with van der Waals surface area (Å²) in [5.74, 6) is -0.189. The molecule has 2 rings (SSSR count). The number of amides is 1. The van der Waals surface area contributed by atoms with Crippen LogP contribution in [-0.4, -0.2) is 21.4 Å². The first-order chi connectivity index (χ1) is 10.8. The van der Waals surface area contributed by atoms with Crippen LogP contribution < -0.4 is 10.0 Å². The van der Waals surface area contributed by atoms with Crippen molar-refractivity contribution in [3.05, 3.63) is 59.2 Å². The van der Waals surface area contributed by atoms with Crippen molar-refractivity contribution in [3.63, 3.8) is 0 Å². The van der Waals surface area contributed by atoms with Crippen LogP contribution in [0.25, 0.3) is 0 Å². The fourth-order valence-electron chi connectivity index (χ4n) is 2.17. The molecule has 0 radical (unpaired) electrons. The van der Waals surface area contributed by atoms with Gasteiger partial charge < -0.3 is 5.32 Å². The van der Waals surface area contributed by atoms with Gasteiger partial charge in [-0.25, -0.2) is 13.1 Å². The molecule has 0 saturated carbocycles. The average Bonchev–Trinajstić information content (AvgIpc) is 2.51. The van der Waals surface area contributed by atoms with E-state index in [1.54, 1.807) is 19.1 Å². The van der Waals surface area contributed by atoms with Crippen LogP contribution >= 0.6 is 0 Å². The molecule has 1 amide bonds. The molecule has 5 nitrogen and oxygen atoms in total. The van der Waals surface area contributed by atoms with Gasteiger partial charge in [0, 0.05) is 5.69 Å². The van der Waals surface area contributed by atoms with Crippen LogP contribution in [0.1, 0.15) is 16.7 Å². The molecule has 23 heavy (non-hydrogen) atoms. The maximum atomic E-state index is 12.1. The summed E-state index contributed by atoms with van der Waals surface area (Å²) in [5.41, 5.74) is 3.12. The number of rotatable bonds is 5. The number of aryl methyl sites for hydroxylation is 2. The predicted molar refractivity (Wildman–Crippen MR) is 90.9 cm³/mol. The van der Waals surface area contributed by atoms with Gasteiger partial charge in [-0.2, -0.15) is 0 Å². The Morgan fingerprint density at radius 1 is 1.04 bits per heavy atom. The molecule has 0 spiro atoms. The lowest BCUT2D eigenvalue weighted by Gasteiger charge is -2.10. The normalized spacial score (nSPS) is 11.3. The highest BCUT2D eigenvalue weighted by atomic mass is 32.2. The highest BCUT2D eigenvalue weighted by Crippen LogP contribution is 2.20. The van der Waals surface area contributed by atoms with E-state index in [1.165, 1.54) is 13.1 Å². The summed E-state index contributed by atoms with van der Waals surface area (Å²) in [4.78, 5) is 12.3. The summed E-state index contributed by atoms with van der Waals surface area (Å²) in [6.07, 6.45) is 0.238. The van der Waals surface area contributed by atoms with Crippen LogP contribution in [0.2, 0.25) is 0 Å². The van der Waals surface area contributed by atoms with Crippen molar-refractivity contribution >= 4 is 21.6 Å². The Morgan fingerprint density at radius 3 is 2.30 bits per heavy atom. The smallest absolute Gasteiger partial charge is 0.240 e. The molecule has 2 N–H and O–H groups in total. The zero-order chi connectivity index (χ0) is 17.0. The molecule has 0 atom stereocenters.